The topological polar surface area (TPSA) is 71.8 Å². The molecule has 0 saturated heterocycles. The average Bonchev–Trinajstić information content (AvgIpc) is 2.60. The Morgan fingerprint density at radius 2 is 2.07 bits per heavy atom. The molecule has 1 amide bonds. The minimum absolute atomic E-state index is 0.0139. The fourth-order valence-corrected chi connectivity index (χ4v) is 2.72. The van der Waals surface area contributed by atoms with Crippen LogP contribution in [-0.4, -0.2) is 44.6 Å². The third-order valence-electron chi connectivity index (χ3n) is 4.19. The van der Waals surface area contributed by atoms with Crippen LogP contribution in [0.4, 0.5) is 0 Å². The summed E-state index contributed by atoms with van der Waals surface area (Å²) in [5.41, 5.74) is 2.02. The molecule has 0 unspecified atom stereocenters. The van der Waals surface area contributed by atoms with Crippen LogP contribution in [-0.2, 0) is 11.2 Å². The highest BCUT2D eigenvalue weighted by molar-refractivity contribution is 5.85. The van der Waals surface area contributed by atoms with E-state index in [1.807, 2.05) is 40.1 Å². The Bertz CT molecular complexity index is 884. The molecule has 1 aromatic carbocycles. The summed E-state index contributed by atoms with van der Waals surface area (Å²) in [6, 6.07) is 5.36. The van der Waals surface area contributed by atoms with Crippen molar-refractivity contribution in [1.29, 1.82) is 0 Å². The van der Waals surface area contributed by atoms with Crippen LogP contribution in [0.1, 0.15) is 24.5 Å². The number of hydrogen-bond donors (Lipinski definition) is 1. The van der Waals surface area contributed by atoms with Crippen molar-refractivity contribution in [1.82, 2.24) is 10.2 Å². The molecular formula is C21H28N2O4. The maximum absolute atomic E-state index is 12.4. The summed E-state index contributed by atoms with van der Waals surface area (Å²) >= 11 is 0. The second-order valence-electron chi connectivity index (χ2n) is 7.08. The number of aryl methyl sites for hydroxylation is 1. The van der Waals surface area contributed by atoms with Gasteiger partial charge in [0, 0.05) is 18.0 Å². The smallest absolute Gasteiger partial charge is 0.340 e. The first-order chi connectivity index (χ1) is 12.8. The molecule has 0 aliphatic heterocycles. The van der Waals surface area contributed by atoms with Crippen molar-refractivity contribution >= 4 is 16.9 Å². The van der Waals surface area contributed by atoms with Crippen molar-refractivity contribution in [2.45, 2.75) is 26.7 Å². The normalized spacial score (nSPS) is 11.0. The largest absolute Gasteiger partial charge is 0.489 e. The highest BCUT2D eigenvalue weighted by Crippen LogP contribution is 2.24. The van der Waals surface area contributed by atoms with Crippen LogP contribution in [0.15, 0.2) is 39.6 Å². The molecule has 1 heterocycles. The Morgan fingerprint density at radius 1 is 1.33 bits per heavy atom. The standard InChI is InChI=1S/C21H28N2O4/c1-14(2)13-26-16-7-8-17-15(3)18(21(25)27-19(17)11-16)12-20(24)22-9-6-10-23(4)5/h7-8,11H,1,6,9-10,12-13H2,2-5H3,(H,22,24). The molecule has 27 heavy (non-hydrogen) atoms. The number of carbonyl (C=O) groups excluding carboxylic acids is 1. The van der Waals surface area contributed by atoms with E-state index < -0.39 is 5.63 Å². The highest BCUT2D eigenvalue weighted by atomic mass is 16.5. The van der Waals surface area contributed by atoms with E-state index in [0.29, 0.717) is 30.0 Å². The van der Waals surface area contributed by atoms with Crippen LogP contribution in [0.5, 0.6) is 5.75 Å². The summed E-state index contributed by atoms with van der Waals surface area (Å²) < 4.78 is 11.0. The first-order valence-corrected chi connectivity index (χ1v) is 9.03. The zero-order chi connectivity index (χ0) is 20.0. The van der Waals surface area contributed by atoms with Crippen LogP contribution in [0.25, 0.3) is 11.0 Å². The second-order valence-corrected chi connectivity index (χ2v) is 7.08. The van der Waals surface area contributed by atoms with Gasteiger partial charge in [0.1, 0.15) is 17.9 Å². The van der Waals surface area contributed by atoms with E-state index in [1.165, 1.54) is 0 Å². The number of amides is 1. The molecule has 0 atom stereocenters. The van der Waals surface area contributed by atoms with Gasteiger partial charge >= 0.3 is 5.63 Å². The lowest BCUT2D eigenvalue weighted by Crippen LogP contribution is -2.30. The fraction of sp³-hybridized carbons (Fsp3) is 0.429. The van der Waals surface area contributed by atoms with Crippen LogP contribution < -0.4 is 15.7 Å². The monoisotopic (exact) mass is 372 g/mol. The maximum Gasteiger partial charge on any atom is 0.340 e. The van der Waals surface area contributed by atoms with Crippen molar-refractivity contribution < 1.29 is 13.9 Å². The number of benzene rings is 1. The van der Waals surface area contributed by atoms with Gasteiger partial charge in [-0.15, -0.1) is 0 Å². The van der Waals surface area contributed by atoms with Gasteiger partial charge in [0.25, 0.3) is 0 Å². The van der Waals surface area contributed by atoms with E-state index in [1.54, 1.807) is 6.07 Å². The third kappa shape index (κ3) is 5.96. The molecule has 0 bridgehead atoms. The van der Waals surface area contributed by atoms with Gasteiger partial charge in [-0.3, -0.25) is 4.79 Å². The predicted molar refractivity (Wildman–Crippen MR) is 107 cm³/mol. The Balaban J connectivity index is 2.13. The van der Waals surface area contributed by atoms with Gasteiger partial charge in [-0.1, -0.05) is 6.58 Å². The summed E-state index contributed by atoms with van der Waals surface area (Å²) in [6.45, 7) is 9.39. The number of rotatable bonds is 9. The van der Waals surface area contributed by atoms with E-state index in [0.717, 1.165) is 29.5 Å². The molecule has 0 saturated carbocycles. The molecule has 0 fully saturated rings. The molecule has 0 aliphatic carbocycles. The van der Waals surface area contributed by atoms with Crippen LogP contribution in [0, 0.1) is 6.92 Å². The Hall–Kier alpha value is -2.60. The van der Waals surface area contributed by atoms with Crippen molar-refractivity contribution in [2.24, 2.45) is 0 Å². The summed E-state index contributed by atoms with van der Waals surface area (Å²) in [7, 11) is 3.97. The Labute approximate surface area is 159 Å². The lowest BCUT2D eigenvalue weighted by atomic mass is 10.0. The second kappa shape index (κ2) is 9.37. The molecular weight excluding hydrogens is 344 g/mol. The summed E-state index contributed by atoms with van der Waals surface area (Å²) in [5, 5.41) is 3.65. The number of nitrogens with one attached hydrogen (secondary N) is 1. The van der Waals surface area contributed by atoms with Crippen LogP contribution >= 0.6 is 0 Å². The van der Waals surface area contributed by atoms with Gasteiger partial charge < -0.3 is 19.4 Å². The van der Waals surface area contributed by atoms with Crippen molar-refractivity contribution in [3.63, 3.8) is 0 Å². The fourth-order valence-electron chi connectivity index (χ4n) is 2.72. The average molecular weight is 372 g/mol. The summed E-state index contributed by atoms with van der Waals surface area (Å²) in [4.78, 5) is 26.6. The van der Waals surface area contributed by atoms with Crippen molar-refractivity contribution in [3.8, 4) is 5.75 Å². The molecule has 2 rings (SSSR count). The Morgan fingerprint density at radius 3 is 2.74 bits per heavy atom. The quantitative estimate of drug-likeness (QED) is 0.416. The number of fused-ring (bicyclic) bond motifs is 1. The van der Waals surface area contributed by atoms with Gasteiger partial charge in [0.2, 0.25) is 5.91 Å². The lowest BCUT2D eigenvalue weighted by Gasteiger charge is -2.11. The minimum atomic E-state index is -0.486. The van der Waals surface area contributed by atoms with E-state index >= 15 is 0 Å². The van der Waals surface area contributed by atoms with Gasteiger partial charge in [0.05, 0.1) is 12.0 Å². The van der Waals surface area contributed by atoms with Gasteiger partial charge in [-0.25, -0.2) is 4.79 Å². The zero-order valence-electron chi connectivity index (χ0n) is 16.6. The van der Waals surface area contributed by atoms with E-state index in [4.69, 9.17) is 9.15 Å². The minimum Gasteiger partial charge on any atom is -0.489 e. The van der Waals surface area contributed by atoms with Crippen LogP contribution in [0.2, 0.25) is 0 Å². The summed E-state index contributed by atoms with van der Waals surface area (Å²) in [6.07, 6.45) is 0.872. The predicted octanol–water partition coefficient (Wildman–Crippen LogP) is 2.67. The Kier molecular flexibility index (Phi) is 7.19. The number of carbonyl (C=O) groups is 1. The number of ether oxygens (including phenoxy) is 1. The molecule has 2 aromatic rings. The van der Waals surface area contributed by atoms with Gasteiger partial charge in [-0.2, -0.15) is 0 Å². The molecule has 1 aromatic heterocycles. The zero-order valence-corrected chi connectivity index (χ0v) is 16.6. The highest BCUT2D eigenvalue weighted by Gasteiger charge is 2.15. The first-order valence-electron chi connectivity index (χ1n) is 9.03. The van der Waals surface area contributed by atoms with Gasteiger partial charge in [-0.05, 0) is 64.2 Å². The third-order valence-corrected chi connectivity index (χ3v) is 4.19. The maximum atomic E-state index is 12.4. The molecule has 0 aliphatic rings. The molecule has 1 N–H and O–H groups in total. The summed E-state index contributed by atoms with van der Waals surface area (Å²) in [5.74, 6) is 0.435. The molecule has 6 nitrogen and oxygen atoms in total. The molecule has 0 spiro atoms. The molecule has 0 radical (unpaired) electrons. The first kappa shape index (κ1) is 20.7. The van der Waals surface area contributed by atoms with E-state index in [9.17, 15) is 9.59 Å². The molecule has 146 valence electrons. The number of hydrogen-bond acceptors (Lipinski definition) is 5. The molecule has 6 heteroatoms. The van der Waals surface area contributed by atoms with Crippen LogP contribution in [0.3, 0.4) is 0 Å². The lowest BCUT2D eigenvalue weighted by molar-refractivity contribution is -0.120. The van der Waals surface area contributed by atoms with E-state index in [2.05, 4.69) is 16.8 Å². The SMILES string of the molecule is C=C(C)COc1ccc2c(C)c(CC(=O)NCCCN(C)C)c(=O)oc2c1. The van der Waals surface area contributed by atoms with Crippen molar-refractivity contribution in [2.75, 3.05) is 33.8 Å². The van der Waals surface area contributed by atoms with E-state index in [-0.39, 0.29) is 12.3 Å². The number of nitrogens with zero attached hydrogens (tertiary/aromatic N) is 1. The van der Waals surface area contributed by atoms with Gasteiger partial charge in [0.15, 0.2) is 0 Å². The van der Waals surface area contributed by atoms with Crippen molar-refractivity contribution in [3.05, 3.63) is 51.9 Å².